The molecule has 2 aromatic carbocycles. The smallest absolute Gasteiger partial charge is 0.231 e. The molecule has 1 atom stereocenters. The van der Waals surface area contributed by atoms with Gasteiger partial charge in [-0.3, -0.25) is 4.79 Å². The van der Waals surface area contributed by atoms with Gasteiger partial charge in [0.1, 0.15) is 6.04 Å². The van der Waals surface area contributed by atoms with Gasteiger partial charge < -0.3 is 19.4 Å². The van der Waals surface area contributed by atoms with E-state index in [9.17, 15) is 4.79 Å². The fourth-order valence-corrected chi connectivity index (χ4v) is 4.97. The normalized spacial score (nSPS) is 16.6. The van der Waals surface area contributed by atoms with Gasteiger partial charge >= 0.3 is 0 Å². The lowest BCUT2D eigenvalue weighted by molar-refractivity contribution is -0.132. The Morgan fingerprint density at radius 1 is 1.09 bits per heavy atom. The minimum absolute atomic E-state index is 0.0245. The van der Waals surface area contributed by atoms with Gasteiger partial charge in [0.05, 0.1) is 12.0 Å². The van der Waals surface area contributed by atoms with E-state index in [2.05, 4.69) is 32.6 Å². The third-order valence-corrected chi connectivity index (χ3v) is 6.55. The highest BCUT2D eigenvalue weighted by Crippen LogP contribution is 2.39. The van der Waals surface area contributed by atoms with Crippen LogP contribution in [0.4, 0.5) is 0 Å². The highest BCUT2D eigenvalue weighted by atomic mass is 16.7. The van der Waals surface area contributed by atoms with Crippen molar-refractivity contribution in [2.45, 2.75) is 45.2 Å². The SMILES string of the molecule is CC(C)(C)n1nnnc1C(c1ccc2c(c1)OCO2)N1CCc2c([nH]c3ccccc23)CC1=O. The molecule has 0 aliphatic carbocycles. The molecule has 4 heterocycles. The molecule has 0 bridgehead atoms. The summed E-state index contributed by atoms with van der Waals surface area (Å²) in [5.41, 5.74) is 3.77. The first-order valence-electron chi connectivity index (χ1n) is 11.5. The van der Waals surface area contributed by atoms with Gasteiger partial charge in [-0.15, -0.1) is 5.10 Å². The zero-order valence-electron chi connectivity index (χ0n) is 19.4. The number of hydrogen-bond donors (Lipinski definition) is 1. The predicted molar refractivity (Wildman–Crippen MR) is 125 cm³/mol. The number of tetrazole rings is 1. The zero-order valence-corrected chi connectivity index (χ0v) is 19.4. The molecule has 34 heavy (non-hydrogen) atoms. The second-order valence-electron chi connectivity index (χ2n) is 9.78. The van der Waals surface area contributed by atoms with Crippen molar-refractivity contribution in [2.75, 3.05) is 13.3 Å². The second kappa shape index (κ2) is 7.58. The molecular formula is C25H26N6O3. The largest absolute Gasteiger partial charge is 0.454 e. The summed E-state index contributed by atoms with van der Waals surface area (Å²) in [5, 5.41) is 13.8. The van der Waals surface area contributed by atoms with Crippen molar-refractivity contribution < 1.29 is 14.3 Å². The fraction of sp³-hybridized carbons (Fsp3) is 0.360. The number of nitrogens with zero attached hydrogens (tertiary/aromatic N) is 5. The van der Waals surface area contributed by atoms with Gasteiger partial charge in [-0.1, -0.05) is 24.3 Å². The molecule has 4 aromatic rings. The van der Waals surface area contributed by atoms with Gasteiger partial charge in [-0.25, -0.2) is 4.68 Å². The number of aromatic nitrogens is 5. The summed E-state index contributed by atoms with van der Waals surface area (Å²) >= 11 is 0. The van der Waals surface area contributed by atoms with Crippen LogP contribution in [0.5, 0.6) is 11.5 Å². The van der Waals surface area contributed by atoms with Gasteiger partial charge in [0, 0.05) is 23.1 Å². The summed E-state index contributed by atoms with van der Waals surface area (Å²) in [6.45, 7) is 6.87. The number of carbonyl (C=O) groups excluding carboxylic acids is 1. The average molecular weight is 459 g/mol. The molecule has 2 aliphatic rings. The lowest BCUT2D eigenvalue weighted by Crippen LogP contribution is -2.39. The quantitative estimate of drug-likeness (QED) is 0.506. The van der Waals surface area contributed by atoms with Crippen molar-refractivity contribution in [1.29, 1.82) is 0 Å². The number of amides is 1. The number of aromatic amines is 1. The standard InChI is InChI=1S/C25H26N6O3/c1-25(2,3)31-24(27-28-29-31)23(15-8-9-20-21(12-15)34-14-33-20)30-11-10-17-16-6-4-5-7-18(16)26-19(17)13-22(30)32/h4-9,12,23,26H,10-11,13-14H2,1-3H3. The zero-order chi connectivity index (χ0) is 23.4. The van der Waals surface area contributed by atoms with Crippen LogP contribution in [0.3, 0.4) is 0 Å². The maximum atomic E-state index is 13.7. The number of carbonyl (C=O) groups is 1. The van der Waals surface area contributed by atoms with Crippen LogP contribution in [0.2, 0.25) is 0 Å². The van der Waals surface area contributed by atoms with E-state index in [4.69, 9.17) is 9.47 Å². The molecule has 2 aliphatic heterocycles. The summed E-state index contributed by atoms with van der Waals surface area (Å²) < 4.78 is 12.9. The first-order valence-corrected chi connectivity index (χ1v) is 11.5. The van der Waals surface area contributed by atoms with E-state index in [1.807, 2.05) is 56.0 Å². The van der Waals surface area contributed by atoms with E-state index >= 15 is 0 Å². The Bertz CT molecular complexity index is 1400. The Balaban J connectivity index is 1.45. The van der Waals surface area contributed by atoms with Crippen LogP contribution in [0, 0.1) is 0 Å². The summed E-state index contributed by atoms with van der Waals surface area (Å²) in [5.74, 6) is 2.00. The Labute approximate surface area is 196 Å². The van der Waals surface area contributed by atoms with Crippen molar-refractivity contribution in [3.8, 4) is 11.5 Å². The van der Waals surface area contributed by atoms with Crippen molar-refractivity contribution in [1.82, 2.24) is 30.1 Å². The number of benzene rings is 2. The lowest BCUT2D eigenvalue weighted by atomic mass is 10.0. The number of para-hydroxylation sites is 1. The topological polar surface area (TPSA) is 98.2 Å². The van der Waals surface area contributed by atoms with Crippen molar-refractivity contribution in [3.05, 3.63) is 65.1 Å². The number of fused-ring (bicyclic) bond motifs is 4. The highest BCUT2D eigenvalue weighted by Gasteiger charge is 2.36. The lowest BCUT2D eigenvalue weighted by Gasteiger charge is -2.32. The van der Waals surface area contributed by atoms with Crippen LogP contribution in [0.25, 0.3) is 10.9 Å². The first-order chi connectivity index (χ1) is 16.4. The number of hydrogen-bond acceptors (Lipinski definition) is 6. The van der Waals surface area contributed by atoms with Crippen LogP contribution in [-0.4, -0.2) is 49.3 Å². The van der Waals surface area contributed by atoms with E-state index in [0.717, 1.165) is 23.2 Å². The van der Waals surface area contributed by atoms with Gasteiger partial charge in [-0.05, 0) is 66.9 Å². The molecule has 0 spiro atoms. The highest BCUT2D eigenvalue weighted by molar-refractivity contribution is 5.88. The molecule has 0 saturated heterocycles. The number of ether oxygens (including phenoxy) is 2. The van der Waals surface area contributed by atoms with Crippen LogP contribution in [0.15, 0.2) is 42.5 Å². The van der Waals surface area contributed by atoms with Crippen molar-refractivity contribution in [3.63, 3.8) is 0 Å². The molecule has 9 heteroatoms. The molecule has 174 valence electrons. The first kappa shape index (κ1) is 20.7. The van der Waals surface area contributed by atoms with Gasteiger partial charge in [0.2, 0.25) is 12.7 Å². The summed E-state index contributed by atoms with van der Waals surface area (Å²) in [6.07, 6.45) is 1.03. The van der Waals surface area contributed by atoms with Crippen molar-refractivity contribution >= 4 is 16.8 Å². The summed E-state index contributed by atoms with van der Waals surface area (Å²) in [7, 11) is 0. The van der Waals surface area contributed by atoms with Crippen LogP contribution >= 0.6 is 0 Å². The van der Waals surface area contributed by atoms with Crippen LogP contribution in [-0.2, 0) is 23.2 Å². The fourth-order valence-electron chi connectivity index (χ4n) is 4.97. The molecule has 0 saturated carbocycles. The van der Waals surface area contributed by atoms with Crippen LogP contribution in [0.1, 0.15) is 49.5 Å². The molecule has 6 rings (SSSR count). The van der Waals surface area contributed by atoms with E-state index in [1.165, 1.54) is 10.9 Å². The Hall–Kier alpha value is -3.88. The van der Waals surface area contributed by atoms with Crippen molar-refractivity contribution in [2.24, 2.45) is 0 Å². The van der Waals surface area contributed by atoms with E-state index in [1.54, 1.807) is 4.68 Å². The van der Waals surface area contributed by atoms with Gasteiger partial charge in [0.15, 0.2) is 17.3 Å². The molecular weight excluding hydrogens is 432 g/mol. The average Bonchev–Trinajstić information content (AvgIpc) is 3.52. The molecule has 0 fully saturated rings. The van der Waals surface area contributed by atoms with Gasteiger partial charge in [0.25, 0.3) is 0 Å². The molecule has 1 unspecified atom stereocenters. The van der Waals surface area contributed by atoms with E-state index in [0.29, 0.717) is 30.3 Å². The Morgan fingerprint density at radius 2 is 1.91 bits per heavy atom. The third-order valence-electron chi connectivity index (χ3n) is 6.55. The molecule has 2 aromatic heterocycles. The minimum atomic E-state index is -0.466. The molecule has 9 nitrogen and oxygen atoms in total. The Morgan fingerprint density at radius 3 is 2.76 bits per heavy atom. The second-order valence-corrected chi connectivity index (χ2v) is 9.78. The van der Waals surface area contributed by atoms with Gasteiger partial charge in [-0.2, -0.15) is 0 Å². The molecule has 1 amide bonds. The number of nitrogens with one attached hydrogen (secondary N) is 1. The summed E-state index contributed by atoms with van der Waals surface area (Å²) in [6, 6.07) is 13.5. The van der Waals surface area contributed by atoms with Crippen LogP contribution < -0.4 is 9.47 Å². The monoisotopic (exact) mass is 458 g/mol. The maximum Gasteiger partial charge on any atom is 0.231 e. The number of rotatable bonds is 3. The molecule has 1 N–H and O–H groups in total. The van der Waals surface area contributed by atoms with E-state index in [-0.39, 0.29) is 18.2 Å². The Kier molecular flexibility index (Phi) is 4.62. The van der Waals surface area contributed by atoms with E-state index < -0.39 is 6.04 Å². The third kappa shape index (κ3) is 3.30. The summed E-state index contributed by atoms with van der Waals surface area (Å²) in [4.78, 5) is 19.1. The minimum Gasteiger partial charge on any atom is -0.454 e. The molecule has 0 radical (unpaired) electrons. The maximum absolute atomic E-state index is 13.7. The predicted octanol–water partition coefficient (Wildman–Crippen LogP) is 3.35. The number of H-pyrrole nitrogens is 1.